The quantitative estimate of drug-likeness (QED) is 0.532. The van der Waals surface area contributed by atoms with Gasteiger partial charge in [0.1, 0.15) is 0 Å². The largest absolute Gasteiger partial charge is 0.297 e. The number of thioether (sulfide) groups is 1. The van der Waals surface area contributed by atoms with Gasteiger partial charge in [-0.2, -0.15) is 0 Å². The van der Waals surface area contributed by atoms with Crippen LogP contribution in [0.4, 0.5) is 0 Å². The highest BCUT2D eigenvalue weighted by Crippen LogP contribution is 2.23. The topological polar surface area (TPSA) is 75.5 Å². The second-order valence-corrected chi connectivity index (χ2v) is 7.90. The van der Waals surface area contributed by atoms with E-state index in [0.29, 0.717) is 5.69 Å². The van der Waals surface area contributed by atoms with E-state index < -0.39 is 0 Å². The number of rotatable bonds is 5. The smallest absolute Gasteiger partial charge is 0.251 e. The lowest BCUT2D eigenvalue weighted by Crippen LogP contribution is -2.45. The number of fused-ring (bicyclic) bond motifs is 1. The third kappa shape index (κ3) is 4.61. The molecule has 2 heterocycles. The van der Waals surface area contributed by atoms with Crippen molar-refractivity contribution in [3.05, 3.63) is 53.3 Å². The number of imidazole rings is 1. The van der Waals surface area contributed by atoms with Gasteiger partial charge >= 0.3 is 0 Å². The van der Waals surface area contributed by atoms with E-state index in [4.69, 9.17) is 0 Å². The van der Waals surface area contributed by atoms with Crippen LogP contribution in [-0.2, 0) is 16.0 Å². The maximum Gasteiger partial charge on any atom is 0.251 e. The number of nitrogens with zero attached hydrogens (tertiary/aromatic N) is 2. The molecule has 0 aliphatic rings. The molecule has 2 aromatic heterocycles. The van der Waals surface area contributed by atoms with E-state index in [-0.39, 0.29) is 23.5 Å². The van der Waals surface area contributed by atoms with Crippen LogP contribution in [0.5, 0.6) is 0 Å². The van der Waals surface area contributed by atoms with Crippen LogP contribution in [0.25, 0.3) is 4.96 Å². The lowest BCUT2D eigenvalue weighted by molar-refractivity contribution is -0.128. The Hall–Kier alpha value is -2.32. The van der Waals surface area contributed by atoms with E-state index in [9.17, 15) is 9.59 Å². The SMILES string of the molecule is Cc1ccc(S[C@@H](C)C(=O)NNC(=O)Cc2cn3ccsc3n2)cc1. The van der Waals surface area contributed by atoms with Gasteiger partial charge in [-0.15, -0.1) is 23.1 Å². The van der Waals surface area contributed by atoms with Crippen molar-refractivity contribution < 1.29 is 9.59 Å². The van der Waals surface area contributed by atoms with Gasteiger partial charge in [-0.05, 0) is 26.0 Å². The Morgan fingerprint density at radius 1 is 1.28 bits per heavy atom. The van der Waals surface area contributed by atoms with Crippen LogP contribution in [0, 0.1) is 6.92 Å². The summed E-state index contributed by atoms with van der Waals surface area (Å²) in [7, 11) is 0. The second-order valence-electron chi connectivity index (χ2n) is 5.61. The Labute approximate surface area is 153 Å². The zero-order valence-corrected chi connectivity index (χ0v) is 15.5. The highest BCUT2D eigenvalue weighted by Gasteiger charge is 2.15. The van der Waals surface area contributed by atoms with Gasteiger partial charge in [0.2, 0.25) is 5.91 Å². The minimum atomic E-state index is -0.319. The van der Waals surface area contributed by atoms with Gasteiger partial charge in [0.15, 0.2) is 4.96 Å². The molecule has 1 atom stereocenters. The summed E-state index contributed by atoms with van der Waals surface area (Å²) in [5.74, 6) is -0.545. The Balaban J connectivity index is 1.46. The van der Waals surface area contributed by atoms with Crippen LogP contribution >= 0.6 is 23.1 Å². The highest BCUT2D eigenvalue weighted by molar-refractivity contribution is 8.00. The lowest BCUT2D eigenvalue weighted by atomic mass is 10.2. The molecule has 0 radical (unpaired) electrons. The van der Waals surface area contributed by atoms with E-state index in [1.54, 1.807) is 6.92 Å². The fourth-order valence-corrected chi connectivity index (χ4v) is 3.76. The summed E-state index contributed by atoms with van der Waals surface area (Å²) in [5.41, 5.74) is 6.76. The zero-order chi connectivity index (χ0) is 17.8. The summed E-state index contributed by atoms with van der Waals surface area (Å²) in [4.78, 5) is 30.3. The van der Waals surface area contributed by atoms with E-state index in [2.05, 4.69) is 15.8 Å². The summed E-state index contributed by atoms with van der Waals surface area (Å²) in [6.07, 6.45) is 3.82. The van der Waals surface area contributed by atoms with Crippen LogP contribution < -0.4 is 10.9 Å². The average Bonchev–Trinajstić information content (AvgIpc) is 3.16. The number of thiazole rings is 1. The summed E-state index contributed by atoms with van der Waals surface area (Å²) < 4.78 is 1.87. The number of aryl methyl sites for hydroxylation is 1. The Morgan fingerprint density at radius 3 is 2.76 bits per heavy atom. The first-order valence-corrected chi connectivity index (χ1v) is 9.50. The molecule has 0 saturated carbocycles. The zero-order valence-electron chi connectivity index (χ0n) is 13.9. The van der Waals surface area contributed by atoms with Crippen molar-refractivity contribution in [2.75, 3.05) is 0 Å². The van der Waals surface area contributed by atoms with Gasteiger partial charge in [0.05, 0.1) is 17.4 Å². The Kier molecular flexibility index (Phi) is 5.40. The summed E-state index contributed by atoms with van der Waals surface area (Å²) in [6, 6.07) is 7.97. The van der Waals surface area contributed by atoms with Crippen LogP contribution in [0.2, 0.25) is 0 Å². The van der Waals surface area contributed by atoms with E-state index in [1.165, 1.54) is 28.7 Å². The van der Waals surface area contributed by atoms with Crippen molar-refractivity contribution in [1.82, 2.24) is 20.2 Å². The van der Waals surface area contributed by atoms with Crippen LogP contribution in [0.1, 0.15) is 18.2 Å². The molecule has 0 bridgehead atoms. The van der Waals surface area contributed by atoms with E-state index in [1.807, 2.05) is 53.4 Å². The summed E-state index contributed by atoms with van der Waals surface area (Å²) in [5, 5.41) is 1.61. The molecule has 6 nitrogen and oxygen atoms in total. The summed E-state index contributed by atoms with van der Waals surface area (Å²) in [6.45, 7) is 3.82. The number of hydrogen-bond donors (Lipinski definition) is 2. The van der Waals surface area contributed by atoms with Gasteiger partial charge in [-0.25, -0.2) is 4.98 Å². The normalized spacial score (nSPS) is 12.1. The molecule has 3 aromatic rings. The van der Waals surface area contributed by atoms with Gasteiger partial charge in [-0.3, -0.25) is 24.8 Å². The predicted molar refractivity (Wildman–Crippen MR) is 99.6 cm³/mol. The lowest BCUT2D eigenvalue weighted by Gasteiger charge is -2.12. The maximum absolute atomic E-state index is 12.1. The van der Waals surface area contributed by atoms with E-state index in [0.717, 1.165) is 9.86 Å². The third-order valence-corrected chi connectivity index (χ3v) is 5.40. The minimum absolute atomic E-state index is 0.119. The Morgan fingerprint density at radius 2 is 2.04 bits per heavy atom. The summed E-state index contributed by atoms with van der Waals surface area (Å²) >= 11 is 2.95. The standard InChI is InChI=1S/C17H18N4O2S2/c1-11-3-5-14(6-4-11)25-12(2)16(23)20-19-15(22)9-13-10-21-7-8-24-17(21)18-13/h3-8,10,12H,9H2,1-2H3,(H,19,22)(H,20,23)/t12-/m0/s1. The van der Waals surface area contributed by atoms with Crippen molar-refractivity contribution in [3.8, 4) is 0 Å². The van der Waals surface area contributed by atoms with Gasteiger partial charge in [0.25, 0.3) is 5.91 Å². The average molecular weight is 374 g/mol. The van der Waals surface area contributed by atoms with Gasteiger partial charge < -0.3 is 0 Å². The van der Waals surface area contributed by atoms with Crippen molar-refractivity contribution in [1.29, 1.82) is 0 Å². The third-order valence-electron chi connectivity index (χ3n) is 3.51. The van der Waals surface area contributed by atoms with Crippen molar-refractivity contribution in [3.63, 3.8) is 0 Å². The van der Waals surface area contributed by atoms with Crippen LogP contribution in [0.15, 0.2) is 46.9 Å². The number of nitrogens with one attached hydrogen (secondary N) is 2. The van der Waals surface area contributed by atoms with Crippen LogP contribution in [-0.4, -0.2) is 26.4 Å². The maximum atomic E-state index is 12.1. The highest BCUT2D eigenvalue weighted by atomic mass is 32.2. The van der Waals surface area contributed by atoms with Crippen LogP contribution in [0.3, 0.4) is 0 Å². The molecular weight excluding hydrogens is 356 g/mol. The van der Waals surface area contributed by atoms with Gasteiger partial charge in [-0.1, -0.05) is 17.7 Å². The molecule has 8 heteroatoms. The van der Waals surface area contributed by atoms with Crippen molar-refractivity contribution >= 4 is 39.9 Å². The van der Waals surface area contributed by atoms with E-state index >= 15 is 0 Å². The number of hydrogen-bond acceptors (Lipinski definition) is 5. The number of aromatic nitrogens is 2. The van der Waals surface area contributed by atoms with Gasteiger partial charge in [0, 0.05) is 22.7 Å². The monoisotopic (exact) mass is 374 g/mol. The first kappa shape index (κ1) is 17.5. The molecule has 0 unspecified atom stereocenters. The Bertz CT molecular complexity index is 857. The molecule has 130 valence electrons. The molecule has 25 heavy (non-hydrogen) atoms. The second kappa shape index (κ2) is 7.71. The first-order chi connectivity index (χ1) is 12.0. The molecule has 0 fully saturated rings. The number of carbonyl (C=O) groups excluding carboxylic acids is 2. The van der Waals surface area contributed by atoms with Crippen molar-refractivity contribution in [2.24, 2.45) is 0 Å². The number of amides is 2. The fourth-order valence-electron chi connectivity index (χ4n) is 2.18. The van der Waals surface area contributed by atoms with Crippen molar-refractivity contribution in [2.45, 2.75) is 30.4 Å². The molecule has 0 aliphatic heterocycles. The fraction of sp³-hybridized carbons (Fsp3) is 0.235. The number of benzene rings is 1. The molecule has 0 saturated heterocycles. The molecule has 3 rings (SSSR count). The first-order valence-electron chi connectivity index (χ1n) is 7.74. The number of carbonyl (C=O) groups is 2. The molecule has 2 amide bonds. The molecule has 0 spiro atoms. The molecule has 0 aliphatic carbocycles. The minimum Gasteiger partial charge on any atom is -0.297 e. The molecule has 1 aromatic carbocycles. The number of hydrazine groups is 1. The molecule has 2 N–H and O–H groups in total. The predicted octanol–water partition coefficient (Wildman–Crippen LogP) is 2.57. The molecular formula is C17H18N4O2S2.